The Morgan fingerprint density at radius 1 is 0.966 bits per heavy atom. The molecular formula is C24H33N3O2. The molecule has 29 heavy (non-hydrogen) atoms. The van der Waals surface area contributed by atoms with E-state index in [1.54, 1.807) is 0 Å². The first kappa shape index (κ1) is 21.5. The molecule has 1 fully saturated rings. The second-order valence-electron chi connectivity index (χ2n) is 8.39. The number of nitrogens with zero attached hydrogens (tertiary/aromatic N) is 2. The van der Waals surface area contributed by atoms with Crippen LogP contribution in [0, 0.1) is 0 Å². The molecule has 156 valence electrons. The van der Waals surface area contributed by atoms with Gasteiger partial charge < -0.3 is 15.0 Å². The molecule has 0 aromatic heterocycles. The van der Waals surface area contributed by atoms with Gasteiger partial charge in [-0.25, -0.2) is 0 Å². The van der Waals surface area contributed by atoms with Gasteiger partial charge in [-0.2, -0.15) is 0 Å². The SMILES string of the molecule is C[C@@H]1CN(Cc2ccc(C(=O)NCc3ccc(CN(C)C)cc3)cc2)C[C@@H](C)O1. The fraction of sp³-hybridized carbons (Fsp3) is 0.458. The van der Waals surface area contributed by atoms with E-state index in [9.17, 15) is 4.79 Å². The average molecular weight is 396 g/mol. The molecule has 0 bridgehead atoms. The van der Waals surface area contributed by atoms with Crippen molar-refractivity contribution in [3.05, 3.63) is 70.8 Å². The van der Waals surface area contributed by atoms with Gasteiger partial charge >= 0.3 is 0 Å². The number of hydrogen-bond donors (Lipinski definition) is 1. The number of carbonyl (C=O) groups excluding carboxylic acids is 1. The normalized spacial score (nSPS) is 20.0. The van der Waals surface area contributed by atoms with Crippen LogP contribution in [0.2, 0.25) is 0 Å². The molecule has 2 aromatic rings. The van der Waals surface area contributed by atoms with Crippen molar-refractivity contribution in [1.82, 2.24) is 15.1 Å². The number of benzene rings is 2. The molecule has 2 atom stereocenters. The Morgan fingerprint density at radius 3 is 2.10 bits per heavy atom. The maximum atomic E-state index is 12.5. The Kier molecular flexibility index (Phi) is 7.42. The van der Waals surface area contributed by atoms with E-state index in [2.05, 4.69) is 79.5 Å². The van der Waals surface area contributed by atoms with Crippen LogP contribution in [-0.2, 0) is 24.4 Å². The molecule has 1 heterocycles. The topological polar surface area (TPSA) is 44.8 Å². The number of nitrogens with one attached hydrogen (secondary N) is 1. The molecule has 1 saturated heterocycles. The van der Waals surface area contributed by atoms with Gasteiger partial charge in [-0.3, -0.25) is 9.69 Å². The van der Waals surface area contributed by atoms with Gasteiger partial charge in [0.1, 0.15) is 0 Å². The third-order valence-electron chi connectivity index (χ3n) is 5.09. The van der Waals surface area contributed by atoms with Crippen molar-refractivity contribution in [2.75, 3.05) is 27.2 Å². The largest absolute Gasteiger partial charge is 0.373 e. The minimum Gasteiger partial charge on any atom is -0.373 e. The molecule has 0 radical (unpaired) electrons. The Morgan fingerprint density at radius 2 is 1.52 bits per heavy atom. The van der Waals surface area contributed by atoms with Gasteiger partial charge in [0.15, 0.2) is 0 Å². The first-order valence-corrected chi connectivity index (χ1v) is 10.4. The molecule has 5 heteroatoms. The molecule has 1 amide bonds. The van der Waals surface area contributed by atoms with Crippen LogP contribution in [0.5, 0.6) is 0 Å². The second-order valence-corrected chi connectivity index (χ2v) is 8.39. The van der Waals surface area contributed by atoms with Crippen molar-refractivity contribution in [1.29, 1.82) is 0 Å². The van der Waals surface area contributed by atoms with Crippen molar-refractivity contribution in [2.24, 2.45) is 0 Å². The summed E-state index contributed by atoms with van der Waals surface area (Å²) in [7, 11) is 4.11. The quantitative estimate of drug-likeness (QED) is 0.781. The van der Waals surface area contributed by atoms with Crippen LogP contribution in [0.1, 0.15) is 40.9 Å². The highest BCUT2D eigenvalue weighted by atomic mass is 16.5. The van der Waals surface area contributed by atoms with E-state index in [0.29, 0.717) is 12.1 Å². The molecule has 0 unspecified atom stereocenters. The first-order valence-electron chi connectivity index (χ1n) is 10.4. The summed E-state index contributed by atoms with van der Waals surface area (Å²) in [6.07, 6.45) is 0.529. The van der Waals surface area contributed by atoms with Gasteiger partial charge in [-0.05, 0) is 56.8 Å². The molecular weight excluding hydrogens is 362 g/mol. The number of hydrogen-bond acceptors (Lipinski definition) is 4. The molecule has 0 aliphatic carbocycles. The van der Waals surface area contributed by atoms with Gasteiger partial charge in [0.05, 0.1) is 12.2 Å². The van der Waals surface area contributed by atoms with E-state index in [-0.39, 0.29) is 18.1 Å². The highest BCUT2D eigenvalue weighted by molar-refractivity contribution is 5.94. The summed E-state index contributed by atoms with van der Waals surface area (Å²) in [6.45, 7) is 8.46. The van der Waals surface area contributed by atoms with E-state index in [1.165, 1.54) is 11.1 Å². The van der Waals surface area contributed by atoms with Crippen molar-refractivity contribution in [2.45, 2.75) is 45.7 Å². The van der Waals surface area contributed by atoms with E-state index in [0.717, 1.165) is 31.7 Å². The summed E-state index contributed by atoms with van der Waals surface area (Å²) in [5.74, 6) is -0.0393. The lowest BCUT2D eigenvalue weighted by Gasteiger charge is -2.35. The highest BCUT2D eigenvalue weighted by Gasteiger charge is 2.22. The van der Waals surface area contributed by atoms with Gasteiger partial charge in [-0.15, -0.1) is 0 Å². The lowest BCUT2D eigenvalue weighted by atomic mass is 10.1. The lowest BCUT2D eigenvalue weighted by molar-refractivity contribution is -0.0704. The number of rotatable bonds is 7. The zero-order valence-corrected chi connectivity index (χ0v) is 18.0. The van der Waals surface area contributed by atoms with Crippen molar-refractivity contribution >= 4 is 5.91 Å². The van der Waals surface area contributed by atoms with E-state index >= 15 is 0 Å². The average Bonchev–Trinajstić information content (AvgIpc) is 2.66. The minimum absolute atomic E-state index is 0.0393. The predicted molar refractivity (Wildman–Crippen MR) is 117 cm³/mol. The van der Waals surface area contributed by atoms with Gasteiger partial charge in [-0.1, -0.05) is 36.4 Å². The summed E-state index contributed by atoms with van der Waals surface area (Å²) in [6, 6.07) is 16.3. The van der Waals surface area contributed by atoms with Crippen molar-refractivity contribution in [3.8, 4) is 0 Å². The zero-order valence-electron chi connectivity index (χ0n) is 18.0. The summed E-state index contributed by atoms with van der Waals surface area (Å²) >= 11 is 0. The highest BCUT2D eigenvalue weighted by Crippen LogP contribution is 2.15. The maximum absolute atomic E-state index is 12.5. The molecule has 1 aliphatic heterocycles. The summed E-state index contributed by atoms with van der Waals surface area (Å²) in [5, 5.41) is 3.01. The number of amides is 1. The third-order valence-corrected chi connectivity index (χ3v) is 5.09. The lowest BCUT2D eigenvalue weighted by Crippen LogP contribution is -2.44. The van der Waals surface area contributed by atoms with E-state index in [1.807, 2.05) is 12.1 Å². The predicted octanol–water partition coefficient (Wildman–Crippen LogP) is 3.29. The number of morpholine rings is 1. The Bertz CT molecular complexity index is 777. The van der Waals surface area contributed by atoms with Crippen LogP contribution in [-0.4, -0.2) is 55.1 Å². The molecule has 0 spiro atoms. The van der Waals surface area contributed by atoms with Crippen molar-refractivity contribution in [3.63, 3.8) is 0 Å². The number of ether oxygens (including phenoxy) is 1. The van der Waals surface area contributed by atoms with Gasteiger partial charge in [0.25, 0.3) is 5.91 Å². The fourth-order valence-electron chi connectivity index (χ4n) is 3.85. The second kappa shape index (κ2) is 10.0. The summed E-state index contributed by atoms with van der Waals surface area (Å²) < 4.78 is 5.79. The molecule has 1 aliphatic rings. The standard InChI is InChI=1S/C24H33N3O2/c1-18-14-27(15-19(2)29-18)17-22-9-11-23(12-10-22)24(28)25-13-20-5-7-21(8-6-20)16-26(3)4/h5-12,18-19H,13-17H2,1-4H3,(H,25,28)/t18-,19-/m1/s1. The fourth-order valence-corrected chi connectivity index (χ4v) is 3.85. The van der Waals surface area contributed by atoms with E-state index in [4.69, 9.17) is 4.74 Å². The van der Waals surface area contributed by atoms with Crippen LogP contribution in [0.15, 0.2) is 48.5 Å². The molecule has 1 N–H and O–H groups in total. The summed E-state index contributed by atoms with van der Waals surface area (Å²) in [4.78, 5) is 17.0. The Hall–Kier alpha value is -2.21. The molecule has 2 aromatic carbocycles. The molecule has 5 nitrogen and oxygen atoms in total. The van der Waals surface area contributed by atoms with Crippen molar-refractivity contribution < 1.29 is 9.53 Å². The Labute approximate surface area is 174 Å². The van der Waals surface area contributed by atoms with Gasteiger partial charge in [0, 0.05) is 38.3 Å². The smallest absolute Gasteiger partial charge is 0.251 e. The monoisotopic (exact) mass is 395 g/mol. The molecule has 3 rings (SSSR count). The first-order chi connectivity index (χ1) is 13.9. The summed E-state index contributed by atoms with van der Waals surface area (Å²) in [5.41, 5.74) is 4.29. The van der Waals surface area contributed by atoms with Crippen LogP contribution in [0.4, 0.5) is 0 Å². The Balaban J connectivity index is 1.50. The van der Waals surface area contributed by atoms with Crippen LogP contribution >= 0.6 is 0 Å². The van der Waals surface area contributed by atoms with Crippen LogP contribution < -0.4 is 5.32 Å². The molecule has 0 saturated carbocycles. The van der Waals surface area contributed by atoms with Crippen LogP contribution in [0.25, 0.3) is 0 Å². The third kappa shape index (κ3) is 6.67. The number of carbonyl (C=O) groups is 1. The van der Waals surface area contributed by atoms with E-state index < -0.39 is 0 Å². The van der Waals surface area contributed by atoms with Crippen LogP contribution in [0.3, 0.4) is 0 Å². The maximum Gasteiger partial charge on any atom is 0.251 e. The minimum atomic E-state index is -0.0393. The van der Waals surface area contributed by atoms with Gasteiger partial charge in [0.2, 0.25) is 0 Å². The zero-order chi connectivity index (χ0) is 20.8.